The van der Waals surface area contributed by atoms with Crippen LogP contribution in [0.1, 0.15) is 50.5 Å². The minimum absolute atomic E-state index is 0.0803. The molecular formula is C28H22N2O5. The van der Waals surface area contributed by atoms with E-state index in [0.717, 1.165) is 5.56 Å². The number of anilines is 1. The molecule has 35 heavy (non-hydrogen) atoms. The molecule has 4 aromatic rings. The average molecular weight is 466 g/mol. The standard InChI is InChI=1S/C28H22N2O5/c1-16(29)18-5-9-21(10-6-18)30-27(32)24-15-20(26-4-3-13-35-26)8-12-22(24)23-11-7-19(17(2)31)14-25(23)28(33)34/h3-15,29H,1-2H3,(H,30,32)(H,33,34). The van der Waals surface area contributed by atoms with Gasteiger partial charge in [0.15, 0.2) is 5.78 Å². The molecule has 7 nitrogen and oxygen atoms in total. The van der Waals surface area contributed by atoms with Gasteiger partial charge in [-0.2, -0.15) is 0 Å². The van der Waals surface area contributed by atoms with Gasteiger partial charge in [-0.1, -0.05) is 36.4 Å². The summed E-state index contributed by atoms with van der Waals surface area (Å²) in [6.07, 6.45) is 1.53. The van der Waals surface area contributed by atoms with E-state index >= 15 is 0 Å². The summed E-state index contributed by atoms with van der Waals surface area (Å²) in [4.78, 5) is 37.3. The monoisotopic (exact) mass is 466 g/mol. The van der Waals surface area contributed by atoms with Crippen molar-refractivity contribution in [3.8, 4) is 22.5 Å². The first-order valence-electron chi connectivity index (χ1n) is 10.8. The fourth-order valence-electron chi connectivity index (χ4n) is 3.74. The molecule has 4 rings (SSSR count). The van der Waals surface area contributed by atoms with Gasteiger partial charge < -0.3 is 20.2 Å². The molecule has 0 aliphatic heterocycles. The number of nitrogens with one attached hydrogen (secondary N) is 2. The molecule has 174 valence electrons. The van der Waals surface area contributed by atoms with Gasteiger partial charge >= 0.3 is 5.97 Å². The third kappa shape index (κ3) is 4.94. The van der Waals surface area contributed by atoms with Crippen LogP contribution in [0.2, 0.25) is 0 Å². The van der Waals surface area contributed by atoms with Gasteiger partial charge in [0, 0.05) is 28.1 Å². The molecule has 0 aliphatic rings. The van der Waals surface area contributed by atoms with Gasteiger partial charge in [-0.15, -0.1) is 0 Å². The Morgan fingerprint density at radius 2 is 1.49 bits per heavy atom. The van der Waals surface area contributed by atoms with Crippen LogP contribution in [0.3, 0.4) is 0 Å². The summed E-state index contributed by atoms with van der Waals surface area (Å²) in [5.41, 5.74) is 3.46. The van der Waals surface area contributed by atoms with Crippen molar-refractivity contribution < 1.29 is 23.9 Å². The minimum atomic E-state index is -1.21. The predicted octanol–water partition coefficient (Wildman–Crippen LogP) is 6.15. The van der Waals surface area contributed by atoms with Crippen LogP contribution in [-0.2, 0) is 0 Å². The Balaban J connectivity index is 1.82. The zero-order valence-corrected chi connectivity index (χ0v) is 19.1. The third-order valence-corrected chi connectivity index (χ3v) is 5.59. The molecule has 0 saturated heterocycles. The summed E-state index contributed by atoms with van der Waals surface area (Å²) < 4.78 is 5.47. The van der Waals surface area contributed by atoms with E-state index in [0.29, 0.717) is 33.8 Å². The number of rotatable bonds is 7. The van der Waals surface area contributed by atoms with Crippen molar-refractivity contribution in [1.29, 1.82) is 5.41 Å². The number of furan rings is 1. The Hall–Kier alpha value is -4.78. The molecule has 0 atom stereocenters. The van der Waals surface area contributed by atoms with Crippen molar-refractivity contribution >= 4 is 29.1 Å². The molecule has 7 heteroatoms. The highest BCUT2D eigenvalue weighted by atomic mass is 16.4. The van der Waals surface area contributed by atoms with Crippen molar-refractivity contribution in [3.63, 3.8) is 0 Å². The second-order valence-electron chi connectivity index (χ2n) is 8.02. The van der Waals surface area contributed by atoms with Crippen LogP contribution in [0.4, 0.5) is 5.69 Å². The van der Waals surface area contributed by atoms with Crippen molar-refractivity contribution in [3.05, 3.63) is 101 Å². The number of carboxylic acid groups (broad SMARTS) is 1. The summed E-state index contributed by atoms with van der Waals surface area (Å²) in [5.74, 6) is -1.35. The lowest BCUT2D eigenvalue weighted by atomic mass is 9.91. The maximum atomic E-state index is 13.4. The van der Waals surface area contributed by atoms with E-state index < -0.39 is 11.9 Å². The normalized spacial score (nSPS) is 10.6. The lowest BCUT2D eigenvalue weighted by Crippen LogP contribution is -2.14. The summed E-state index contributed by atoms with van der Waals surface area (Å²) in [6.45, 7) is 3.04. The Morgan fingerprint density at radius 3 is 2.09 bits per heavy atom. The molecule has 1 aromatic heterocycles. The topological polar surface area (TPSA) is 120 Å². The number of carboxylic acids is 1. The minimum Gasteiger partial charge on any atom is -0.478 e. The molecular weight excluding hydrogens is 444 g/mol. The molecule has 0 bridgehead atoms. The van der Waals surface area contributed by atoms with Crippen molar-refractivity contribution in [1.82, 2.24) is 0 Å². The van der Waals surface area contributed by atoms with Crippen LogP contribution in [0, 0.1) is 5.41 Å². The highest BCUT2D eigenvalue weighted by Crippen LogP contribution is 2.33. The molecule has 0 saturated carbocycles. The zero-order valence-electron chi connectivity index (χ0n) is 19.1. The second-order valence-corrected chi connectivity index (χ2v) is 8.02. The highest BCUT2D eigenvalue weighted by Gasteiger charge is 2.21. The van der Waals surface area contributed by atoms with Crippen LogP contribution in [0.15, 0.2) is 83.5 Å². The maximum Gasteiger partial charge on any atom is 0.336 e. The van der Waals surface area contributed by atoms with Gasteiger partial charge in [0.2, 0.25) is 0 Å². The van der Waals surface area contributed by atoms with Crippen molar-refractivity contribution in [2.45, 2.75) is 13.8 Å². The number of Topliss-reactive ketones (excluding diaryl/α,β-unsaturated/α-hetero) is 1. The Kier molecular flexibility index (Phi) is 6.42. The SMILES string of the molecule is CC(=N)c1ccc(NC(=O)c2cc(-c3ccco3)ccc2-c2ccc(C(C)=O)cc2C(=O)O)cc1. The number of hydrogen-bond acceptors (Lipinski definition) is 5. The Bertz CT molecular complexity index is 1450. The number of benzene rings is 3. The maximum absolute atomic E-state index is 13.4. The first kappa shape index (κ1) is 23.4. The number of carbonyl (C=O) groups excluding carboxylic acids is 2. The molecule has 0 unspecified atom stereocenters. The van der Waals surface area contributed by atoms with Gasteiger partial charge in [-0.05, 0) is 66.9 Å². The van der Waals surface area contributed by atoms with E-state index in [4.69, 9.17) is 9.83 Å². The number of ketones is 1. The first-order valence-corrected chi connectivity index (χ1v) is 10.8. The van der Waals surface area contributed by atoms with Crippen LogP contribution < -0.4 is 5.32 Å². The lowest BCUT2D eigenvalue weighted by Gasteiger charge is -2.15. The second kappa shape index (κ2) is 9.61. The van der Waals surface area contributed by atoms with Crippen molar-refractivity contribution in [2.24, 2.45) is 0 Å². The first-order chi connectivity index (χ1) is 16.7. The molecule has 0 fully saturated rings. The smallest absolute Gasteiger partial charge is 0.336 e. The molecule has 3 aromatic carbocycles. The predicted molar refractivity (Wildman–Crippen MR) is 133 cm³/mol. The van der Waals surface area contributed by atoms with Crippen molar-refractivity contribution in [2.75, 3.05) is 5.32 Å². The van der Waals surface area contributed by atoms with E-state index in [1.165, 1.54) is 19.3 Å². The molecule has 1 heterocycles. The molecule has 0 aliphatic carbocycles. The number of hydrogen-bond donors (Lipinski definition) is 3. The van der Waals surface area contributed by atoms with Gasteiger partial charge in [0.05, 0.1) is 11.8 Å². The summed E-state index contributed by atoms with van der Waals surface area (Å²) in [7, 11) is 0. The zero-order chi connectivity index (χ0) is 25.1. The van der Waals surface area contributed by atoms with Crippen LogP contribution in [-0.4, -0.2) is 28.5 Å². The number of amides is 1. The fourth-order valence-corrected chi connectivity index (χ4v) is 3.74. The summed E-state index contributed by atoms with van der Waals surface area (Å²) in [5, 5.41) is 20.4. The number of aromatic carboxylic acids is 1. The molecule has 3 N–H and O–H groups in total. The van der Waals surface area contributed by atoms with Gasteiger partial charge in [0.1, 0.15) is 5.76 Å². The van der Waals surface area contributed by atoms with Gasteiger partial charge in [-0.25, -0.2) is 4.79 Å². The largest absolute Gasteiger partial charge is 0.478 e. The van der Waals surface area contributed by atoms with Crippen LogP contribution >= 0.6 is 0 Å². The van der Waals surface area contributed by atoms with Crippen LogP contribution in [0.5, 0.6) is 0 Å². The Labute approximate surface area is 201 Å². The quantitative estimate of drug-likeness (QED) is 0.223. The number of carbonyl (C=O) groups is 3. The Morgan fingerprint density at radius 1 is 0.829 bits per heavy atom. The lowest BCUT2D eigenvalue weighted by molar-refractivity contribution is 0.0697. The van der Waals surface area contributed by atoms with Gasteiger partial charge in [0.25, 0.3) is 5.91 Å². The molecule has 0 radical (unpaired) electrons. The van der Waals surface area contributed by atoms with E-state index in [-0.39, 0.29) is 22.5 Å². The van der Waals surface area contributed by atoms with Crippen LogP contribution in [0.25, 0.3) is 22.5 Å². The molecule has 1 amide bonds. The van der Waals surface area contributed by atoms with E-state index in [1.807, 2.05) is 0 Å². The summed E-state index contributed by atoms with van der Waals surface area (Å²) in [6, 6.07) is 19.8. The average Bonchev–Trinajstić information content (AvgIpc) is 3.38. The van der Waals surface area contributed by atoms with E-state index in [1.54, 1.807) is 73.7 Å². The summed E-state index contributed by atoms with van der Waals surface area (Å²) >= 11 is 0. The van der Waals surface area contributed by atoms with E-state index in [9.17, 15) is 19.5 Å². The van der Waals surface area contributed by atoms with Gasteiger partial charge in [-0.3, -0.25) is 9.59 Å². The third-order valence-electron chi connectivity index (χ3n) is 5.59. The fraction of sp³-hybridized carbons (Fsp3) is 0.0714. The molecule has 0 spiro atoms. The highest BCUT2D eigenvalue weighted by molar-refractivity contribution is 6.11. The van der Waals surface area contributed by atoms with E-state index in [2.05, 4.69) is 5.32 Å².